The van der Waals surface area contributed by atoms with Crippen molar-refractivity contribution in [3.05, 3.63) is 23.8 Å². The van der Waals surface area contributed by atoms with E-state index < -0.39 is 0 Å². The van der Waals surface area contributed by atoms with Gasteiger partial charge in [0.2, 0.25) is 0 Å². The van der Waals surface area contributed by atoms with Crippen molar-refractivity contribution in [2.45, 2.75) is 19.3 Å². The van der Waals surface area contributed by atoms with Crippen molar-refractivity contribution in [2.24, 2.45) is 0 Å². The molecule has 88 valence electrons. The molecule has 0 saturated carbocycles. The van der Waals surface area contributed by atoms with Crippen LogP contribution >= 0.6 is 0 Å². The third kappa shape index (κ3) is 2.47. The maximum Gasteiger partial charge on any atom is 0.0479 e. The largest absolute Gasteiger partial charge is 0.399 e. The molecule has 0 saturated heterocycles. The Morgan fingerprint density at radius 2 is 2.31 bits per heavy atom. The summed E-state index contributed by atoms with van der Waals surface area (Å²) in [6.45, 7) is 3.06. The minimum absolute atomic E-state index is 0.834. The fourth-order valence-electron chi connectivity index (χ4n) is 2.33. The monoisotopic (exact) mass is 220 g/mol. The lowest BCUT2D eigenvalue weighted by molar-refractivity contribution is 0.196. The molecular formula is C13H20N2O. The molecule has 0 amide bonds. The van der Waals surface area contributed by atoms with E-state index in [9.17, 15) is 0 Å². The summed E-state index contributed by atoms with van der Waals surface area (Å²) < 4.78 is 5.09. The van der Waals surface area contributed by atoms with Crippen molar-refractivity contribution in [1.82, 2.24) is 0 Å². The summed E-state index contributed by atoms with van der Waals surface area (Å²) in [6, 6.07) is 6.25. The Balaban J connectivity index is 2.07. The SMILES string of the molecule is COCCCN1CCCc2cc(N)ccc21. The van der Waals surface area contributed by atoms with Crippen LogP contribution in [0.3, 0.4) is 0 Å². The first-order valence-electron chi connectivity index (χ1n) is 5.93. The van der Waals surface area contributed by atoms with Gasteiger partial charge in [-0.2, -0.15) is 0 Å². The molecule has 0 unspecified atom stereocenters. The Kier molecular flexibility index (Phi) is 3.67. The zero-order valence-electron chi connectivity index (χ0n) is 9.91. The second kappa shape index (κ2) is 5.21. The van der Waals surface area contributed by atoms with Crippen molar-refractivity contribution in [3.8, 4) is 0 Å². The number of rotatable bonds is 4. The summed E-state index contributed by atoms with van der Waals surface area (Å²) >= 11 is 0. The van der Waals surface area contributed by atoms with Crippen LogP contribution in [0.5, 0.6) is 0 Å². The lowest BCUT2D eigenvalue weighted by atomic mass is 10.0. The molecule has 0 bridgehead atoms. The molecule has 16 heavy (non-hydrogen) atoms. The molecule has 1 aliphatic heterocycles. The molecule has 3 nitrogen and oxygen atoms in total. The van der Waals surface area contributed by atoms with E-state index in [4.69, 9.17) is 10.5 Å². The second-order valence-corrected chi connectivity index (χ2v) is 4.33. The van der Waals surface area contributed by atoms with Crippen LogP contribution in [0.4, 0.5) is 11.4 Å². The number of nitrogens with zero attached hydrogens (tertiary/aromatic N) is 1. The van der Waals surface area contributed by atoms with Crippen LogP contribution in [-0.4, -0.2) is 26.8 Å². The maximum absolute atomic E-state index is 5.81. The van der Waals surface area contributed by atoms with Gasteiger partial charge < -0.3 is 15.4 Å². The van der Waals surface area contributed by atoms with E-state index in [-0.39, 0.29) is 0 Å². The number of nitrogen functional groups attached to an aromatic ring is 1. The molecule has 2 N–H and O–H groups in total. The minimum Gasteiger partial charge on any atom is -0.399 e. The number of hydrogen-bond acceptors (Lipinski definition) is 3. The molecule has 0 atom stereocenters. The fourth-order valence-corrected chi connectivity index (χ4v) is 2.33. The summed E-state index contributed by atoms with van der Waals surface area (Å²) in [6.07, 6.45) is 3.46. The van der Waals surface area contributed by atoms with Crippen LogP contribution in [0.2, 0.25) is 0 Å². The predicted molar refractivity (Wildman–Crippen MR) is 67.9 cm³/mol. The molecule has 0 radical (unpaired) electrons. The number of benzene rings is 1. The number of ether oxygens (including phenoxy) is 1. The van der Waals surface area contributed by atoms with Gasteiger partial charge in [-0.3, -0.25) is 0 Å². The van der Waals surface area contributed by atoms with Crippen LogP contribution in [0, 0.1) is 0 Å². The number of hydrogen-bond donors (Lipinski definition) is 1. The van der Waals surface area contributed by atoms with Gasteiger partial charge in [0.1, 0.15) is 0 Å². The van der Waals surface area contributed by atoms with Gasteiger partial charge in [-0.1, -0.05) is 0 Å². The first-order valence-corrected chi connectivity index (χ1v) is 5.93. The van der Waals surface area contributed by atoms with Crippen LogP contribution in [0.15, 0.2) is 18.2 Å². The van der Waals surface area contributed by atoms with Crippen molar-refractivity contribution in [3.63, 3.8) is 0 Å². The average molecular weight is 220 g/mol. The molecule has 2 rings (SSSR count). The number of methoxy groups -OCH3 is 1. The smallest absolute Gasteiger partial charge is 0.0479 e. The summed E-state index contributed by atoms with van der Waals surface area (Å²) in [4.78, 5) is 2.44. The summed E-state index contributed by atoms with van der Waals surface area (Å²) in [7, 11) is 1.75. The van der Waals surface area contributed by atoms with E-state index in [1.54, 1.807) is 7.11 Å². The van der Waals surface area contributed by atoms with E-state index in [1.807, 2.05) is 6.07 Å². The van der Waals surface area contributed by atoms with Gasteiger partial charge in [0.05, 0.1) is 0 Å². The molecule has 0 aromatic heterocycles. The number of nitrogens with two attached hydrogens (primary N) is 1. The molecule has 1 aromatic rings. The lowest BCUT2D eigenvalue weighted by Crippen LogP contribution is -2.30. The summed E-state index contributed by atoms with van der Waals surface area (Å²) in [5.41, 5.74) is 9.43. The second-order valence-electron chi connectivity index (χ2n) is 4.33. The molecule has 1 aromatic carbocycles. The van der Waals surface area contributed by atoms with E-state index >= 15 is 0 Å². The fraction of sp³-hybridized carbons (Fsp3) is 0.538. The van der Waals surface area contributed by atoms with Gasteiger partial charge in [-0.05, 0) is 43.0 Å². The van der Waals surface area contributed by atoms with Crippen molar-refractivity contribution >= 4 is 11.4 Å². The Bertz CT molecular complexity index is 352. The van der Waals surface area contributed by atoms with Crippen molar-refractivity contribution in [2.75, 3.05) is 37.4 Å². The molecule has 0 spiro atoms. The first-order chi connectivity index (χ1) is 7.81. The predicted octanol–water partition coefficient (Wildman–Crippen LogP) is 2.06. The van der Waals surface area contributed by atoms with Gasteiger partial charge in [0.25, 0.3) is 0 Å². The van der Waals surface area contributed by atoms with Crippen LogP contribution in [-0.2, 0) is 11.2 Å². The van der Waals surface area contributed by atoms with Crippen molar-refractivity contribution < 1.29 is 4.74 Å². The Hall–Kier alpha value is -1.22. The van der Waals surface area contributed by atoms with E-state index in [1.165, 1.54) is 17.7 Å². The standard InChI is InChI=1S/C13H20N2O/c1-16-9-3-8-15-7-2-4-11-10-12(14)5-6-13(11)15/h5-6,10H,2-4,7-9,14H2,1H3. The van der Waals surface area contributed by atoms with Gasteiger partial charge >= 0.3 is 0 Å². The van der Waals surface area contributed by atoms with Gasteiger partial charge in [-0.15, -0.1) is 0 Å². The highest BCUT2D eigenvalue weighted by Gasteiger charge is 2.15. The first kappa shape index (κ1) is 11.3. The van der Waals surface area contributed by atoms with Gasteiger partial charge in [0.15, 0.2) is 0 Å². The number of aryl methyl sites for hydroxylation is 1. The Morgan fingerprint density at radius 1 is 1.44 bits per heavy atom. The molecule has 3 heteroatoms. The summed E-state index contributed by atoms with van der Waals surface area (Å²) in [5, 5.41) is 0. The van der Waals surface area contributed by atoms with Crippen LogP contribution in [0.1, 0.15) is 18.4 Å². The Labute approximate surface area is 97.2 Å². The van der Waals surface area contributed by atoms with E-state index in [2.05, 4.69) is 17.0 Å². The van der Waals surface area contributed by atoms with Crippen LogP contribution < -0.4 is 10.6 Å². The van der Waals surface area contributed by atoms with E-state index in [0.717, 1.165) is 38.2 Å². The highest BCUT2D eigenvalue weighted by molar-refractivity contribution is 5.61. The maximum atomic E-state index is 5.81. The topological polar surface area (TPSA) is 38.5 Å². The number of anilines is 2. The zero-order chi connectivity index (χ0) is 11.4. The third-order valence-electron chi connectivity index (χ3n) is 3.09. The quantitative estimate of drug-likeness (QED) is 0.623. The molecule has 0 fully saturated rings. The van der Waals surface area contributed by atoms with E-state index in [0.29, 0.717) is 0 Å². The molecular weight excluding hydrogens is 200 g/mol. The lowest BCUT2D eigenvalue weighted by Gasteiger charge is -2.31. The average Bonchev–Trinajstić information content (AvgIpc) is 2.29. The van der Waals surface area contributed by atoms with Gasteiger partial charge in [0, 0.05) is 38.2 Å². The molecule has 1 heterocycles. The molecule has 1 aliphatic rings. The highest BCUT2D eigenvalue weighted by atomic mass is 16.5. The normalized spacial score (nSPS) is 14.9. The summed E-state index contributed by atoms with van der Waals surface area (Å²) in [5.74, 6) is 0. The van der Waals surface area contributed by atoms with Gasteiger partial charge in [-0.25, -0.2) is 0 Å². The van der Waals surface area contributed by atoms with Crippen LogP contribution in [0.25, 0.3) is 0 Å². The van der Waals surface area contributed by atoms with Crippen molar-refractivity contribution in [1.29, 1.82) is 0 Å². The highest BCUT2D eigenvalue weighted by Crippen LogP contribution is 2.28. The Morgan fingerprint density at radius 3 is 3.12 bits per heavy atom. The number of fused-ring (bicyclic) bond motifs is 1. The minimum atomic E-state index is 0.834. The zero-order valence-corrected chi connectivity index (χ0v) is 9.91. The third-order valence-corrected chi connectivity index (χ3v) is 3.09. The molecule has 0 aliphatic carbocycles.